The monoisotopic (exact) mass is 701 g/mol. The van der Waals surface area contributed by atoms with Gasteiger partial charge in [-0.25, -0.2) is 0 Å². The van der Waals surface area contributed by atoms with Crippen molar-refractivity contribution < 1.29 is 20.9 Å². The molecule has 0 spiro atoms. The average Bonchev–Trinajstić information content (AvgIpc) is 2.90. The van der Waals surface area contributed by atoms with Gasteiger partial charge in [-0.2, -0.15) is 0 Å². The van der Waals surface area contributed by atoms with E-state index in [0.717, 1.165) is 14.3 Å². The van der Waals surface area contributed by atoms with E-state index in [1.54, 1.807) is 61.1 Å². The van der Waals surface area contributed by atoms with E-state index < -0.39 is 55.8 Å². The standard InChI is InChI=1S/C17H12N3O4S.C5H5N.C2H4O2.Po/c21-20(22)16-10-3-4-11-17(16)25(23,24)19-15-9-2-1-7-13(15)14-8-5-6-12-18-14;1-2-4-6-5-3-1;1-2(3)4;/h1-12H;1-5H;1H3,(H,3,4);/q-1;;;+2/p-1. The number of nitrogens with zero attached hydrogens (tertiary/aromatic N) is 4. The number of para-hydroxylation sites is 2. The molecule has 0 aliphatic rings. The van der Waals surface area contributed by atoms with Gasteiger partial charge in [0, 0.05) is 12.4 Å². The van der Waals surface area contributed by atoms with Gasteiger partial charge in [-0.1, -0.05) is 6.07 Å². The van der Waals surface area contributed by atoms with Crippen LogP contribution in [0.25, 0.3) is 11.3 Å². The minimum Gasteiger partial charge on any atom is -0.265 e. The Morgan fingerprint density at radius 2 is 1.56 bits per heavy atom. The molecule has 0 atom stereocenters. The van der Waals surface area contributed by atoms with E-state index in [4.69, 9.17) is 2.77 Å². The van der Waals surface area contributed by atoms with Gasteiger partial charge in [-0.05, 0) is 12.1 Å². The molecule has 0 bridgehead atoms. The summed E-state index contributed by atoms with van der Waals surface area (Å²) < 4.78 is 33.1. The van der Waals surface area contributed by atoms with Crippen LogP contribution in [0.2, 0.25) is 0 Å². The Hall–Kier alpha value is -3.74. The second kappa shape index (κ2) is 12.8. The van der Waals surface area contributed by atoms with Crippen molar-refractivity contribution in [3.05, 3.63) is 114 Å². The van der Waals surface area contributed by atoms with Crippen LogP contribution in [0.1, 0.15) is 6.92 Å². The quantitative estimate of drug-likeness (QED) is 0.209. The second-order valence-corrected chi connectivity index (χ2v) is 12.3. The van der Waals surface area contributed by atoms with Gasteiger partial charge in [0.1, 0.15) is 0 Å². The number of benzene rings is 2. The molecule has 0 unspecified atom stereocenters. The third-order valence-electron chi connectivity index (χ3n) is 4.39. The number of aromatic nitrogens is 2. The van der Waals surface area contributed by atoms with E-state index >= 15 is 0 Å². The van der Waals surface area contributed by atoms with Crippen LogP contribution in [0.3, 0.4) is 0 Å². The summed E-state index contributed by atoms with van der Waals surface area (Å²) in [6, 6.07) is 22.6. The summed E-state index contributed by atoms with van der Waals surface area (Å²) in [5.74, 6) is -0.627. The summed E-state index contributed by atoms with van der Waals surface area (Å²) in [5, 5.41) is 11.4. The maximum atomic E-state index is 13.5. The fourth-order valence-corrected chi connectivity index (χ4v) is 7.97. The number of sulfonamides is 1. The number of anilines is 1. The first-order valence-corrected chi connectivity index (χ1v) is 14.5. The summed E-state index contributed by atoms with van der Waals surface area (Å²) in [6.45, 7) is 1.18. The van der Waals surface area contributed by atoms with E-state index in [1.807, 2.05) is 18.2 Å². The largest absolute Gasteiger partial charge is 0.265 e. The van der Waals surface area contributed by atoms with E-state index in [1.165, 1.54) is 19.1 Å². The van der Waals surface area contributed by atoms with Crippen LogP contribution in [0.5, 0.6) is 0 Å². The third kappa shape index (κ3) is 6.90. The van der Waals surface area contributed by atoms with Gasteiger partial charge < -0.3 is 0 Å². The molecule has 0 radical (unpaired) electrons. The topological polar surface area (TPSA) is 133 Å². The van der Waals surface area contributed by atoms with Crippen molar-refractivity contribution in [3.63, 3.8) is 0 Å². The first-order chi connectivity index (χ1) is 17.3. The minimum atomic E-state index is -4.40. The van der Waals surface area contributed by atoms with E-state index in [2.05, 4.69) is 9.97 Å². The number of carbonyl (C=O) groups is 1. The van der Waals surface area contributed by atoms with E-state index in [9.17, 15) is 23.3 Å². The molecule has 0 N–H and O–H groups in total. The molecule has 2 aromatic heterocycles. The molecule has 2 aromatic carbocycles. The molecule has 4 aromatic rings. The van der Waals surface area contributed by atoms with Crippen LogP contribution in [0.4, 0.5) is 11.4 Å². The maximum absolute atomic E-state index is 13.5. The van der Waals surface area contributed by atoms with Crippen molar-refractivity contribution >= 4 is 51.7 Å². The fraction of sp³-hybridized carbons (Fsp3) is 0.0417. The van der Waals surface area contributed by atoms with Crippen LogP contribution in [0.15, 0.2) is 108 Å². The Morgan fingerprint density at radius 1 is 0.917 bits per heavy atom. The van der Waals surface area contributed by atoms with Crippen LogP contribution in [-0.4, -0.2) is 53.6 Å². The number of carbonyl (C=O) groups excluding carboxylic acids is 1. The van der Waals surface area contributed by atoms with Gasteiger partial charge in [0.2, 0.25) is 0 Å². The molecule has 36 heavy (non-hydrogen) atoms. The molecule has 2 heterocycles. The Balaban J connectivity index is 0.000000526. The zero-order valence-electron chi connectivity index (χ0n) is 18.9. The molecule has 4 rings (SSSR count). The summed E-state index contributed by atoms with van der Waals surface area (Å²) in [4.78, 5) is 29.7. The van der Waals surface area contributed by atoms with Crippen molar-refractivity contribution in [2.45, 2.75) is 11.8 Å². The molecule has 12 heteroatoms. The zero-order chi connectivity index (χ0) is 26.0. The molecule has 0 aliphatic carbocycles. The molecule has 0 saturated heterocycles. The summed E-state index contributed by atoms with van der Waals surface area (Å²) in [7, 11) is -4.40. The number of nitro groups is 1. The van der Waals surface area contributed by atoms with Gasteiger partial charge in [-0.15, -0.1) is 0 Å². The van der Waals surface area contributed by atoms with Crippen molar-refractivity contribution in [1.82, 2.24) is 9.97 Å². The van der Waals surface area contributed by atoms with Gasteiger partial charge in [0.25, 0.3) is 0 Å². The van der Waals surface area contributed by atoms with E-state index in [0.29, 0.717) is 11.3 Å². The third-order valence-corrected chi connectivity index (χ3v) is 11.2. The van der Waals surface area contributed by atoms with Gasteiger partial charge in [-0.3, -0.25) is 4.98 Å². The minimum absolute atomic E-state index is 0.237. The maximum Gasteiger partial charge on any atom is 0.0267 e. The van der Waals surface area contributed by atoms with Gasteiger partial charge >= 0.3 is 186 Å². The second-order valence-electron chi connectivity index (χ2n) is 6.86. The molecule has 0 saturated carbocycles. The van der Waals surface area contributed by atoms with Crippen molar-refractivity contribution in [2.24, 2.45) is 0 Å². The first-order valence-electron chi connectivity index (χ1n) is 10.3. The van der Waals surface area contributed by atoms with Crippen molar-refractivity contribution in [3.8, 4) is 11.3 Å². The molecule has 0 amide bonds. The molecule has 184 valence electrons. The number of hydrogen-bond donors (Lipinski definition) is 0. The van der Waals surface area contributed by atoms with Crippen LogP contribution in [0, 0.1) is 10.1 Å². The van der Waals surface area contributed by atoms with E-state index in [-0.39, 0.29) is 5.69 Å². The van der Waals surface area contributed by atoms with Crippen molar-refractivity contribution in [1.29, 1.82) is 0 Å². The summed E-state index contributed by atoms with van der Waals surface area (Å²) in [6.07, 6.45) is 5.07. The first kappa shape index (κ1) is 26.9. The summed E-state index contributed by atoms with van der Waals surface area (Å²) in [5.41, 5.74) is 0.685. The van der Waals surface area contributed by atoms with Crippen molar-refractivity contribution in [2.75, 3.05) is 2.20 Å². The average molecular weight is 702 g/mol. The molecule has 0 aliphatic heterocycles. The molecule has 0 fully saturated rings. The zero-order valence-corrected chi connectivity index (χ0v) is 22.9. The Morgan fingerprint density at radius 3 is 2.14 bits per heavy atom. The Bertz CT molecular complexity index is 1400. The SMILES string of the molecule is CC(=O)[O][Po][N](c1ccccc1-c1ccccn1)S(=O)(=O)c1ccccc1[N+](=O)[O-].c1ccncc1. The number of rotatable bonds is 7. The Kier molecular flexibility index (Phi) is 9.56. The van der Waals surface area contributed by atoms with Crippen LogP contribution < -0.4 is 2.20 Å². The molecular weight excluding hydrogens is 681 g/mol. The Labute approximate surface area is 220 Å². The predicted molar refractivity (Wildman–Crippen MR) is 134 cm³/mol. The molecular formula is C24H20N4O6PoS. The smallest absolute Gasteiger partial charge is 0.0267 e. The number of nitro benzene ring substituents is 1. The predicted octanol–water partition coefficient (Wildman–Crippen LogP) is 4.03. The number of pyridine rings is 2. The summed E-state index contributed by atoms with van der Waals surface area (Å²) >= 11 is -2.50. The normalized spacial score (nSPS) is 10.5. The van der Waals surface area contributed by atoms with Crippen LogP contribution in [-0.2, 0) is 17.6 Å². The van der Waals surface area contributed by atoms with Crippen LogP contribution >= 0.6 is 0 Å². The number of hydrogen-bond acceptors (Lipinski definition) is 8. The molecule has 10 nitrogen and oxygen atoms in total. The fourth-order valence-electron chi connectivity index (χ4n) is 2.90. The van der Waals surface area contributed by atoms with Gasteiger partial charge in [0.05, 0.1) is 0 Å². The van der Waals surface area contributed by atoms with Gasteiger partial charge in [0.15, 0.2) is 0 Å².